The molecule has 0 radical (unpaired) electrons. The van der Waals surface area contributed by atoms with Crippen LogP contribution in [0.25, 0.3) is 0 Å². The van der Waals surface area contributed by atoms with Crippen LogP contribution in [-0.4, -0.2) is 17.7 Å². The average molecular weight is 287 g/mol. The fourth-order valence-electron chi connectivity index (χ4n) is 2.13. The fourth-order valence-corrected chi connectivity index (χ4v) is 2.13. The normalized spacial score (nSPS) is 14.8. The van der Waals surface area contributed by atoms with Crippen LogP contribution in [0, 0.1) is 11.3 Å². The van der Waals surface area contributed by atoms with Crippen molar-refractivity contribution in [3.05, 3.63) is 30.3 Å². The summed E-state index contributed by atoms with van der Waals surface area (Å²) < 4.78 is 5.87. The van der Waals surface area contributed by atoms with Crippen molar-refractivity contribution in [1.29, 1.82) is 5.26 Å². The van der Waals surface area contributed by atoms with Crippen LogP contribution in [0.4, 0.5) is 5.69 Å². The maximum Gasteiger partial charge on any atom is 0.167 e. The van der Waals surface area contributed by atoms with Gasteiger partial charge < -0.3 is 4.74 Å². The van der Waals surface area contributed by atoms with Crippen LogP contribution in [0.15, 0.2) is 40.6 Å². The maximum absolute atomic E-state index is 9.44. The molecule has 1 aromatic rings. The second-order valence-corrected chi connectivity index (χ2v) is 6.06. The molecule has 1 aromatic carbocycles. The number of unbranched alkanes of at least 4 members (excludes halogenated alkanes) is 1. The molecule has 1 unspecified atom stereocenters. The summed E-state index contributed by atoms with van der Waals surface area (Å²) in [6, 6.07) is 11.7. The molecule has 0 spiro atoms. The number of benzene rings is 1. The van der Waals surface area contributed by atoms with E-state index in [9.17, 15) is 5.26 Å². The molecule has 0 aliphatic rings. The predicted octanol–water partition coefficient (Wildman–Crippen LogP) is 5.04. The van der Waals surface area contributed by atoms with Crippen LogP contribution in [0.5, 0.6) is 0 Å². The number of hydrogen-bond acceptors (Lipinski definition) is 4. The molecule has 0 saturated heterocycles. The van der Waals surface area contributed by atoms with Crippen LogP contribution in [0.1, 0.15) is 47.0 Å². The topological polar surface area (TPSA) is 57.7 Å². The quantitative estimate of drug-likeness (QED) is 0.497. The summed E-state index contributed by atoms with van der Waals surface area (Å²) in [6.45, 7) is 8.63. The van der Waals surface area contributed by atoms with Crippen LogP contribution in [-0.2, 0) is 4.74 Å². The Labute approximate surface area is 127 Å². The molecule has 0 amide bonds. The fraction of sp³-hybridized carbons (Fsp3) is 0.588. The number of nitrogens with zero attached hydrogens (tertiary/aromatic N) is 3. The minimum atomic E-state index is -0.883. The van der Waals surface area contributed by atoms with E-state index in [1.165, 1.54) is 0 Å². The Bertz CT molecular complexity index is 491. The van der Waals surface area contributed by atoms with Gasteiger partial charge in [-0.15, -0.1) is 0 Å². The highest BCUT2D eigenvalue weighted by atomic mass is 16.5. The molecule has 1 rings (SSSR count). The van der Waals surface area contributed by atoms with Crippen molar-refractivity contribution < 1.29 is 4.74 Å². The molecule has 21 heavy (non-hydrogen) atoms. The number of rotatable bonds is 8. The second kappa shape index (κ2) is 7.90. The van der Waals surface area contributed by atoms with Gasteiger partial charge in [-0.2, -0.15) is 15.5 Å². The van der Waals surface area contributed by atoms with E-state index in [-0.39, 0.29) is 0 Å². The van der Waals surface area contributed by atoms with Gasteiger partial charge in [0.25, 0.3) is 0 Å². The van der Waals surface area contributed by atoms with Crippen molar-refractivity contribution in [1.82, 2.24) is 0 Å². The van der Waals surface area contributed by atoms with E-state index in [1.54, 1.807) is 6.92 Å². The second-order valence-electron chi connectivity index (χ2n) is 6.06. The van der Waals surface area contributed by atoms with Crippen molar-refractivity contribution in [2.45, 2.75) is 58.1 Å². The van der Waals surface area contributed by atoms with E-state index in [4.69, 9.17) is 4.74 Å². The third-order valence-electron chi connectivity index (χ3n) is 3.14. The van der Waals surface area contributed by atoms with Gasteiger partial charge in [0, 0.05) is 13.0 Å². The van der Waals surface area contributed by atoms with E-state index in [2.05, 4.69) is 23.2 Å². The summed E-state index contributed by atoms with van der Waals surface area (Å²) in [5, 5.41) is 17.9. The van der Waals surface area contributed by atoms with Gasteiger partial charge in [0.05, 0.1) is 17.4 Å². The molecule has 1 atom stereocenters. The summed E-state index contributed by atoms with van der Waals surface area (Å²) >= 11 is 0. The highest BCUT2D eigenvalue weighted by Crippen LogP contribution is 2.28. The Morgan fingerprint density at radius 3 is 2.43 bits per heavy atom. The summed E-state index contributed by atoms with van der Waals surface area (Å²) in [5.74, 6) is 0. The van der Waals surface area contributed by atoms with Crippen LogP contribution in [0.3, 0.4) is 0 Å². The smallest absolute Gasteiger partial charge is 0.167 e. The lowest BCUT2D eigenvalue weighted by Crippen LogP contribution is -2.35. The molecule has 4 nitrogen and oxygen atoms in total. The highest BCUT2D eigenvalue weighted by molar-refractivity contribution is 5.35. The van der Waals surface area contributed by atoms with E-state index >= 15 is 0 Å². The molecule has 0 aliphatic carbocycles. The minimum absolute atomic E-state index is 0.393. The van der Waals surface area contributed by atoms with Gasteiger partial charge in [0.1, 0.15) is 0 Å². The van der Waals surface area contributed by atoms with Crippen molar-refractivity contribution in [3.8, 4) is 6.07 Å². The van der Waals surface area contributed by atoms with Crippen LogP contribution >= 0.6 is 0 Å². The van der Waals surface area contributed by atoms with E-state index in [0.717, 1.165) is 18.5 Å². The molecule has 114 valence electrons. The van der Waals surface area contributed by atoms with Gasteiger partial charge in [0.2, 0.25) is 0 Å². The Hall–Kier alpha value is -1.73. The molecule has 0 N–H and O–H groups in total. The SMILES string of the molecule is CCCCOC(C)(C)CC(C)(C#N)N=Nc1ccccc1. The third-order valence-corrected chi connectivity index (χ3v) is 3.14. The average Bonchev–Trinajstić information content (AvgIpc) is 2.46. The molecular weight excluding hydrogens is 262 g/mol. The zero-order valence-electron chi connectivity index (χ0n) is 13.5. The highest BCUT2D eigenvalue weighted by Gasteiger charge is 2.33. The summed E-state index contributed by atoms with van der Waals surface area (Å²) in [4.78, 5) is 0. The predicted molar refractivity (Wildman–Crippen MR) is 84.5 cm³/mol. The Balaban J connectivity index is 2.71. The number of hydrogen-bond donors (Lipinski definition) is 0. The van der Waals surface area contributed by atoms with Gasteiger partial charge in [-0.3, -0.25) is 0 Å². The minimum Gasteiger partial charge on any atom is -0.375 e. The maximum atomic E-state index is 9.44. The molecule has 0 aliphatic heterocycles. The summed E-state index contributed by atoms with van der Waals surface area (Å²) in [6.07, 6.45) is 2.63. The van der Waals surface area contributed by atoms with Crippen LogP contribution < -0.4 is 0 Å². The molecule has 0 bridgehead atoms. The summed E-state index contributed by atoms with van der Waals surface area (Å²) in [7, 11) is 0. The first-order valence-electron chi connectivity index (χ1n) is 7.44. The first-order valence-corrected chi connectivity index (χ1v) is 7.44. The number of azo groups is 1. The van der Waals surface area contributed by atoms with Crippen molar-refractivity contribution in [3.63, 3.8) is 0 Å². The third kappa shape index (κ3) is 6.50. The summed E-state index contributed by atoms with van der Waals surface area (Å²) in [5.41, 5.74) is -0.523. The Morgan fingerprint density at radius 1 is 1.19 bits per heavy atom. The Morgan fingerprint density at radius 2 is 1.86 bits per heavy atom. The molecule has 4 heteroatoms. The van der Waals surface area contributed by atoms with Gasteiger partial charge in [-0.25, -0.2) is 0 Å². The first-order chi connectivity index (χ1) is 9.91. The molecule has 0 heterocycles. The largest absolute Gasteiger partial charge is 0.375 e. The number of nitriles is 1. The zero-order chi connectivity index (χ0) is 15.8. The monoisotopic (exact) mass is 287 g/mol. The van der Waals surface area contributed by atoms with Gasteiger partial charge in [-0.05, 0) is 39.3 Å². The standard InChI is InChI=1S/C17H25N3O/c1-5-6-12-21-16(2,3)13-17(4,14-18)20-19-15-10-8-7-9-11-15/h7-11H,5-6,12-13H2,1-4H3. The van der Waals surface area contributed by atoms with E-state index in [0.29, 0.717) is 13.0 Å². The molecular formula is C17H25N3O. The first kappa shape index (κ1) is 17.3. The van der Waals surface area contributed by atoms with E-state index < -0.39 is 11.1 Å². The van der Waals surface area contributed by atoms with E-state index in [1.807, 2.05) is 44.2 Å². The van der Waals surface area contributed by atoms with Gasteiger partial charge in [0.15, 0.2) is 5.54 Å². The van der Waals surface area contributed by atoms with Gasteiger partial charge in [-0.1, -0.05) is 31.5 Å². The lowest BCUT2D eigenvalue weighted by atomic mass is 9.89. The van der Waals surface area contributed by atoms with Crippen molar-refractivity contribution in [2.75, 3.05) is 6.61 Å². The van der Waals surface area contributed by atoms with Crippen molar-refractivity contribution >= 4 is 5.69 Å². The zero-order valence-corrected chi connectivity index (χ0v) is 13.5. The van der Waals surface area contributed by atoms with Crippen LogP contribution in [0.2, 0.25) is 0 Å². The van der Waals surface area contributed by atoms with Crippen molar-refractivity contribution in [2.24, 2.45) is 10.2 Å². The molecule has 0 saturated carbocycles. The molecule has 0 fully saturated rings. The van der Waals surface area contributed by atoms with Gasteiger partial charge >= 0.3 is 0 Å². The molecule has 0 aromatic heterocycles. The number of ether oxygens (including phenoxy) is 1. The lowest BCUT2D eigenvalue weighted by molar-refractivity contribution is -0.0328. The lowest BCUT2D eigenvalue weighted by Gasteiger charge is -2.30. The Kier molecular flexibility index (Phi) is 6.51.